The van der Waals surface area contributed by atoms with Crippen LogP contribution in [0.2, 0.25) is 0 Å². The summed E-state index contributed by atoms with van der Waals surface area (Å²) in [5.41, 5.74) is 3.42. The van der Waals surface area contributed by atoms with E-state index in [0.717, 1.165) is 21.9 Å². The molecule has 11 heteroatoms. The summed E-state index contributed by atoms with van der Waals surface area (Å²) >= 11 is 2.76. The Kier molecular flexibility index (Phi) is 12.8. The number of amides is 3. The number of benzene rings is 4. The molecule has 256 valence electrons. The average Bonchev–Trinajstić information content (AvgIpc) is 3.60. The van der Waals surface area contributed by atoms with Crippen LogP contribution in [0.25, 0.3) is 17.3 Å². The lowest BCUT2D eigenvalue weighted by Gasteiger charge is -2.15. The number of hydrogen-bond acceptors (Lipinski definition) is 8. The van der Waals surface area contributed by atoms with Crippen LogP contribution in [0, 0.1) is 0 Å². The maximum atomic E-state index is 13.6. The molecular weight excluding hydrogens is 669 g/mol. The second kappa shape index (κ2) is 17.8. The quantitative estimate of drug-likeness (QED) is 0.0738. The number of rotatable bonds is 15. The van der Waals surface area contributed by atoms with Gasteiger partial charge in [-0.15, -0.1) is 23.1 Å². The first-order chi connectivity index (χ1) is 24.3. The standard InChI is InChI=1S/C39H38N4O5S2/c1-4-35(38(46)43-39-42-34(25-49-39)27-17-21-31(22-18-27)48-6-3)50-32-14-10-13-29(24-32)40-37(45)33(41-36(44)28-11-8-7-9-12-28)23-26-15-19-30(20-16-26)47-5-2/h7-25,35H,4-6H2,1-3H3,(H,40,45)(H,41,44)(H,42,43,46)/b33-23+. The van der Waals surface area contributed by atoms with Gasteiger partial charge in [-0.2, -0.15) is 0 Å². The van der Waals surface area contributed by atoms with E-state index >= 15 is 0 Å². The molecule has 0 aliphatic heterocycles. The minimum absolute atomic E-state index is 0.0694. The van der Waals surface area contributed by atoms with Gasteiger partial charge in [-0.05, 0) is 98.6 Å². The van der Waals surface area contributed by atoms with Gasteiger partial charge < -0.3 is 25.4 Å². The summed E-state index contributed by atoms with van der Waals surface area (Å²) in [4.78, 5) is 45.4. The molecule has 1 atom stereocenters. The first kappa shape index (κ1) is 35.9. The molecule has 3 N–H and O–H groups in total. The molecule has 5 aromatic rings. The van der Waals surface area contributed by atoms with Gasteiger partial charge in [-0.25, -0.2) is 4.98 Å². The monoisotopic (exact) mass is 706 g/mol. The second-order valence-corrected chi connectivity index (χ2v) is 13.0. The van der Waals surface area contributed by atoms with Crippen molar-refractivity contribution in [2.45, 2.75) is 37.3 Å². The highest BCUT2D eigenvalue weighted by Crippen LogP contribution is 2.31. The van der Waals surface area contributed by atoms with Gasteiger partial charge in [0.15, 0.2) is 5.13 Å². The van der Waals surface area contributed by atoms with Crippen molar-refractivity contribution in [2.24, 2.45) is 0 Å². The van der Waals surface area contributed by atoms with Crippen molar-refractivity contribution >= 4 is 57.7 Å². The van der Waals surface area contributed by atoms with Crippen molar-refractivity contribution in [2.75, 3.05) is 23.8 Å². The molecule has 5 rings (SSSR count). The molecule has 1 unspecified atom stereocenters. The fourth-order valence-corrected chi connectivity index (χ4v) is 6.54. The van der Waals surface area contributed by atoms with E-state index in [0.29, 0.717) is 47.3 Å². The van der Waals surface area contributed by atoms with Crippen LogP contribution in [0.15, 0.2) is 119 Å². The van der Waals surface area contributed by atoms with Crippen molar-refractivity contribution < 1.29 is 23.9 Å². The fourth-order valence-electron chi connectivity index (χ4n) is 4.81. The smallest absolute Gasteiger partial charge is 0.272 e. The maximum Gasteiger partial charge on any atom is 0.272 e. The van der Waals surface area contributed by atoms with Crippen LogP contribution < -0.4 is 25.4 Å². The van der Waals surface area contributed by atoms with Gasteiger partial charge in [0.2, 0.25) is 5.91 Å². The molecule has 0 spiro atoms. The summed E-state index contributed by atoms with van der Waals surface area (Å²) in [6.07, 6.45) is 2.19. The van der Waals surface area contributed by atoms with Gasteiger partial charge in [-0.3, -0.25) is 14.4 Å². The van der Waals surface area contributed by atoms with Crippen molar-refractivity contribution in [3.05, 3.63) is 125 Å². The lowest BCUT2D eigenvalue weighted by molar-refractivity contribution is -0.116. The van der Waals surface area contributed by atoms with E-state index in [1.807, 2.05) is 80.7 Å². The number of thiazole rings is 1. The van der Waals surface area contributed by atoms with Crippen LogP contribution in [0.3, 0.4) is 0 Å². The Morgan fingerprint density at radius 1 is 0.820 bits per heavy atom. The van der Waals surface area contributed by atoms with E-state index in [9.17, 15) is 14.4 Å². The topological polar surface area (TPSA) is 119 Å². The van der Waals surface area contributed by atoms with Crippen LogP contribution in [0.4, 0.5) is 10.8 Å². The van der Waals surface area contributed by atoms with Gasteiger partial charge in [0, 0.05) is 27.1 Å². The first-order valence-corrected chi connectivity index (χ1v) is 18.0. The zero-order valence-corrected chi connectivity index (χ0v) is 29.6. The predicted molar refractivity (Wildman–Crippen MR) is 202 cm³/mol. The number of anilines is 2. The Morgan fingerprint density at radius 2 is 1.50 bits per heavy atom. The van der Waals surface area contributed by atoms with Gasteiger partial charge in [-0.1, -0.05) is 43.3 Å². The molecule has 0 radical (unpaired) electrons. The molecular formula is C39H38N4O5S2. The van der Waals surface area contributed by atoms with Crippen molar-refractivity contribution in [1.29, 1.82) is 0 Å². The third-order valence-corrected chi connectivity index (χ3v) is 9.38. The third-order valence-electron chi connectivity index (χ3n) is 7.26. The number of ether oxygens (including phenoxy) is 2. The molecule has 3 amide bonds. The van der Waals surface area contributed by atoms with E-state index in [4.69, 9.17) is 9.47 Å². The van der Waals surface area contributed by atoms with Crippen LogP contribution >= 0.6 is 23.1 Å². The van der Waals surface area contributed by atoms with E-state index in [-0.39, 0.29) is 11.6 Å². The van der Waals surface area contributed by atoms with E-state index in [2.05, 4.69) is 20.9 Å². The highest BCUT2D eigenvalue weighted by molar-refractivity contribution is 8.00. The van der Waals surface area contributed by atoms with Crippen LogP contribution in [-0.4, -0.2) is 41.2 Å². The SMILES string of the molecule is CCOc1ccc(/C=C(/NC(=O)c2ccccc2)C(=O)Nc2cccc(SC(CC)C(=O)Nc3nc(-c4ccc(OCC)cc4)cs3)c2)cc1. The number of thioether (sulfide) groups is 1. The number of hydrogen-bond donors (Lipinski definition) is 3. The number of nitrogens with one attached hydrogen (secondary N) is 3. The summed E-state index contributed by atoms with van der Waals surface area (Å²) in [5.74, 6) is 0.427. The molecule has 4 aromatic carbocycles. The fraction of sp³-hybridized carbons (Fsp3) is 0.179. The third kappa shape index (κ3) is 10.1. The summed E-state index contributed by atoms with van der Waals surface area (Å²) in [7, 11) is 0. The summed E-state index contributed by atoms with van der Waals surface area (Å²) < 4.78 is 11.1. The Bertz CT molecular complexity index is 1930. The number of carbonyl (C=O) groups excluding carboxylic acids is 3. The second-order valence-electron chi connectivity index (χ2n) is 10.9. The van der Waals surface area contributed by atoms with Gasteiger partial charge in [0.1, 0.15) is 17.2 Å². The molecule has 1 heterocycles. The Labute approximate surface area is 300 Å². The number of carbonyl (C=O) groups is 3. The van der Waals surface area contributed by atoms with E-state index in [1.165, 1.54) is 23.1 Å². The summed E-state index contributed by atoms with van der Waals surface area (Å²) in [6, 6.07) is 30.9. The number of aromatic nitrogens is 1. The average molecular weight is 707 g/mol. The van der Waals surface area contributed by atoms with Gasteiger partial charge in [0.05, 0.1) is 24.2 Å². The zero-order valence-electron chi connectivity index (χ0n) is 28.0. The van der Waals surface area contributed by atoms with E-state index in [1.54, 1.807) is 54.6 Å². The predicted octanol–water partition coefficient (Wildman–Crippen LogP) is 8.53. The zero-order chi connectivity index (χ0) is 35.3. The minimum atomic E-state index is -0.498. The molecule has 1 aromatic heterocycles. The molecule has 0 bridgehead atoms. The van der Waals surface area contributed by atoms with E-state index < -0.39 is 17.1 Å². The lowest BCUT2D eigenvalue weighted by Crippen LogP contribution is -2.30. The van der Waals surface area contributed by atoms with Crippen LogP contribution in [0.5, 0.6) is 11.5 Å². The molecule has 0 aliphatic carbocycles. The number of nitrogens with zero attached hydrogens (tertiary/aromatic N) is 1. The molecule has 50 heavy (non-hydrogen) atoms. The molecule has 0 fully saturated rings. The summed E-state index contributed by atoms with van der Waals surface area (Å²) in [6.45, 7) is 6.93. The Balaban J connectivity index is 1.26. The summed E-state index contributed by atoms with van der Waals surface area (Å²) in [5, 5.41) is 10.7. The van der Waals surface area contributed by atoms with Gasteiger partial charge >= 0.3 is 0 Å². The van der Waals surface area contributed by atoms with Crippen molar-refractivity contribution in [1.82, 2.24) is 10.3 Å². The molecule has 9 nitrogen and oxygen atoms in total. The minimum Gasteiger partial charge on any atom is -0.494 e. The lowest BCUT2D eigenvalue weighted by atomic mass is 10.1. The highest BCUT2D eigenvalue weighted by Gasteiger charge is 2.21. The Hall–Kier alpha value is -5.39. The van der Waals surface area contributed by atoms with Crippen molar-refractivity contribution in [3.63, 3.8) is 0 Å². The largest absolute Gasteiger partial charge is 0.494 e. The van der Waals surface area contributed by atoms with Gasteiger partial charge in [0.25, 0.3) is 11.8 Å². The van der Waals surface area contributed by atoms with Crippen molar-refractivity contribution in [3.8, 4) is 22.8 Å². The molecule has 0 saturated heterocycles. The molecule has 0 saturated carbocycles. The normalized spacial score (nSPS) is 11.7. The maximum absolute atomic E-state index is 13.6. The van der Waals surface area contributed by atoms with Crippen LogP contribution in [-0.2, 0) is 9.59 Å². The van der Waals surface area contributed by atoms with Crippen LogP contribution in [0.1, 0.15) is 43.1 Å². The highest BCUT2D eigenvalue weighted by atomic mass is 32.2. The Morgan fingerprint density at radius 3 is 2.16 bits per heavy atom. The first-order valence-electron chi connectivity index (χ1n) is 16.2. The molecule has 0 aliphatic rings.